The minimum absolute atomic E-state index is 0.264. The van der Waals surface area contributed by atoms with Gasteiger partial charge in [0.25, 0.3) is 10.0 Å². The lowest BCUT2D eigenvalue weighted by atomic mass is 10.3. The van der Waals surface area contributed by atoms with E-state index in [2.05, 4.69) is 4.99 Å². The molecule has 1 aromatic rings. The Hall–Kier alpha value is -1.21. The van der Waals surface area contributed by atoms with Gasteiger partial charge >= 0.3 is 0 Å². The van der Waals surface area contributed by atoms with Crippen molar-refractivity contribution in [2.45, 2.75) is 11.8 Å². The maximum atomic E-state index is 12.5. The van der Waals surface area contributed by atoms with E-state index in [0.29, 0.717) is 24.0 Å². The molecule has 0 aliphatic carbocycles. The van der Waals surface area contributed by atoms with Crippen LogP contribution in [0.5, 0.6) is 5.75 Å². The summed E-state index contributed by atoms with van der Waals surface area (Å²) in [6, 6.07) is 6.40. The third kappa shape index (κ3) is 2.87. The Balaban J connectivity index is 2.29. The van der Waals surface area contributed by atoms with Crippen LogP contribution in [0.25, 0.3) is 0 Å². The van der Waals surface area contributed by atoms with E-state index in [0.717, 1.165) is 5.75 Å². The molecule has 0 saturated heterocycles. The van der Waals surface area contributed by atoms with Gasteiger partial charge in [-0.3, -0.25) is 4.99 Å². The highest BCUT2D eigenvalue weighted by atomic mass is 32.2. The molecule has 19 heavy (non-hydrogen) atoms. The van der Waals surface area contributed by atoms with Crippen LogP contribution < -0.4 is 4.74 Å². The second-order valence-corrected chi connectivity index (χ2v) is 6.94. The molecule has 0 aromatic heterocycles. The third-order valence-electron chi connectivity index (χ3n) is 2.68. The molecule has 0 amide bonds. The van der Waals surface area contributed by atoms with E-state index >= 15 is 0 Å². The molecule has 7 heteroatoms. The van der Waals surface area contributed by atoms with E-state index < -0.39 is 10.0 Å². The molecule has 1 aliphatic rings. The summed E-state index contributed by atoms with van der Waals surface area (Å²) in [5, 5.41) is 0.582. The summed E-state index contributed by atoms with van der Waals surface area (Å²) in [7, 11) is -1.96. The van der Waals surface area contributed by atoms with Crippen molar-refractivity contribution in [3.05, 3.63) is 24.3 Å². The highest BCUT2D eigenvalue weighted by Crippen LogP contribution is 2.24. The van der Waals surface area contributed by atoms with Crippen LogP contribution in [0.3, 0.4) is 0 Å². The number of hydrogen-bond acceptors (Lipinski definition) is 5. The zero-order chi connectivity index (χ0) is 13.9. The fourth-order valence-electron chi connectivity index (χ4n) is 1.76. The summed E-state index contributed by atoms with van der Waals surface area (Å²) in [5.74, 6) is 1.44. The lowest BCUT2D eigenvalue weighted by Gasteiger charge is -2.19. The van der Waals surface area contributed by atoms with Crippen LogP contribution in [-0.4, -0.2) is 43.8 Å². The van der Waals surface area contributed by atoms with Crippen molar-refractivity contribution in [3.8, 4) is 5.75 Å². The Bertz CT molecular complexity index is 567. The fourth-order valence-corrected chi connectivity index (χ4v) is 4.20. The molecule has 5 nitrogen and oxygen atoms in total. The van der Waals surface area contributed by atoms with Gasteiger partial charge in [-0.1, -0.05) is 18.7 Å². The summed E-state index contributed by atoms with van der Waals surface area (Å²) in [4.78, 5) is 4.50. The standard InChI is InChI=1S/C12H16N2O3S2/c1-3-18-12-13-8-9-14(12)19(15,16)11-6-4-10(17-2)5-7-11/h4-7H,3,8-9H2,1-2H3. The van der Waals surface area contributed by atoms with Gasteiger partial charge in [-0.15, -0.1) is 0 Å². The monoisotopic (exact) mass is 300 g/mol. The Morgan fingerprint density at radius 3 is 2.63 bits per heavy atom. The van der Waals surface area contributed by atoms with Crippen LogP contribution in [0.15, 0.2) is 34.2 Å². The number of benzene rings is 1. The van der Waals surface area contributed by atoms with Crippen molar-refractivity contribution in [2.75, 3.05) is 26.0 Å². The molecule has 0 atom stereocenters. The molecule has 104 valence electrons. The molecule has 1 aliphatic heterocycles. The van der Waals surface area contributed by atoms with Crippen molar-refractivity contribution in [3.63, 3.8) is 0 Å². The predicted octanol–water partition coefficient (Wildman–Crippen LogP) is 1.81. The van der Waals surface area contributed by atoms with Crippen molar-refractivity contribution in [2.24, 2.45) is 4.99 Å². The summed E-state index contributed by atoms with van der Waals surface area (Å²) in [6.45, 7) is 2.91. The maximum absolute atomic E-state index is 12.5. The van der Waals surface area contributed by atoms with Crippen LogP contribution in [-0.2, 0) is 10.0 Å². The number of methoxy groups -OCH3 is 1. The SMILES string of the molecule is CCSC1=NCCN1S(=O)(=O)c1ccc(OC)cc1. The third-order valence-corrected chi connectivity index (χ3v) is 5.50. The summed E-state index contributed by atoms with van der Waals surface area (Å²) >= 11 is 1.45. The van der Waals surface area contributed by atoms with Crippen LogP contribution in [0.2, 0.25) is 0 Å². The van der Waals surface area contributed by atoms with Gasteiger partial charge in [-0.25, -0.2) is 12.7 Å². The van der Waals surface area contributed by atoms with Crippen molar-refractivity contribution < 1.29 is 13.2 Å². The normalized spacial score (nSPS) is 15.5. The van der Waals surface area contributed by atoms with E-state index in [1.54, 1.807) is 31.4 Å². The van der Waals surface area contributed by atoms with Gasteiger partial charge in [0, 0.05) is 0 Å². The number of thioether (sulfide) groups is 1. The maximum Gasteiger partial charge on any atom is 0.265 e. The minimum Gasteiger partial charge on any atom is -0.497 e. The zero-order valence-corrected chi connectivity index (χ0v) is 12.5. The average Bonchev–Trinajstić information content (AvgIpc) is 2.88. The van der Waals surface area contributed by atoms with Crippen LogP contribution in [0, 0.1) is 0 Å². The van der Waals surface area contributed by atoms with E-state index in [9.17, 15) is 8.42 Å². The molecule has 0 spiro atoms. The van der Waals surface area contributed by atoms with Gasteiger partial charge in [-0.05, 0) is 30.0 Å². The van der Waals surface area contributed by atoms with E-state index in [1.165, 1.54) is 16.1 Å². The summed E-state index contributed by atoms with van der Waals surface area (Å²) < 4.78 is 31.4. The number of ether oxygens (including phenoxy) is 1. The van der Waals surface area contributed by atoms with Crippen LogP contribution >= 0.6 is 11.8 Å². The molecule has 1 heterocycles. The first-order valence-electron chi connectivity index (χ1n) is 5.93. The van der Waals surface area contributed by atoms with E-state index in [-0.39, 0.29) is 4.90 Å². The van der Waals surface area contributed by atoms with Crippen LogP contribution in [0.4, 0.5) is 0 Å². The number of amidine groups is 1. The predicted molar refractivity (Wildman–Crippen MR) is 77.3 cm³/mol. The zero-order valence-electron chi connectivity index (χ0n) is 10.9. The molecule has 1 aromatic carbocycles. The highest BCUT2D eigenvalue weighted by Gasteiger charge is 2.30. The molecule has 0 fully saturated rings. The van der Waals surface area contributed by atoms with Crippen molar-refractivity contribution in [1.29, 1.82) is 0 Å². The molecule has 2 rings (SSSR count). The van der Waals surface area contributed by atoms with Gasteiger partial charge < -0.3 is 4.74 Å². The smallest absolute Gasteiger partial charge is 0.265 e. The molecular weight excluding hydrogens is 284 g/mol. The number of hydrogen-bond donors (Lipinski definition) is 0. The number of nitrogens with zero attached hydrogens (tertiary/aromatic N) is 2. The molecule has 0 N–H and O–H groups in total. The first-order chi connectivity index (χ1) is 9.09. The second kappa shape index (κ2) is 5.83. The Kier molecular flexibility index (Phi) is 4.36. The Morgan fingerprint density at radius 2 is 2.05 bits per heavy atom. The molecular formula is C12H16N2O3S2. The highest BCUT2D eigenvalue weighted by molar-refractivity contribution is 8.14. The summed E-state index contributed by atoms with van der Waals surface area (Å²) in [5.41, 5.74) is 0. The average molecular weight is 300 g/mol. The lowest BCUT2D eigenvalue weighted by Crippen LogP contribution is -2.32. The van der Waals surface area contributed by atoms with Gasteiger partial charge in [0.15, 0.2) is 5.17 Å². The van der Waals surface area contributed by atoms with E-state index in [4.69, 9.17) is 4.74 Å². The summed E-state index contributed by atoms with van der Waals surface area (Å²) in [6.07, 6.45) is 0. The molecule has 0 bridgehead atoms. The van der Waals surface area contributed by atoms with Gasteiger partial charge in [0.1, 0.15) is 5.75 Å². The van der Waals surface area contributed by atoms with E-state index in [1.807, 2.05) is 6.92 Å². The number of rotatable bonds is 4. The number of sulfonamides is 1. The fraction of sp³-hybridized carbons (Fsp3) is 0.417. The van der Waals surface area contributed by atoms with Gasteiger partial charge in [-0.2, -0.15) is 0 Å². The topological polar surface area (TPSA) is 59.0 Å². The molecule has 0 radical (unpaired) electrons. The van der Waals surface area contributed by atoms with Gasteiger partial charge in [0.2, 0.25) is 0 Å². The molecule has 0 unspecified atom stereocenters. The van der Waals surface area contributed by atoms with Crippen LogP contribution in [0.1, 0.15) is 6.92 Å². The van der Waals surface area contributed by atoms with Crippen molar-refractivity contribution >= 4 is 27.0 Å². The Labute approximate surface area is 117 Å². The lowest BCUT2D eigenvalue weighted by molar-refractivity contribution is 0.414. The first kappa shape index (κ1) is 14.2. The largest absolute Gasteiger partial charge is 0.497 e. The van der Waals surface area contributed by atoms with Crippen molar-refractivity contribution in [1.82, 2.24) is 4.31 Å². The second-order valence-electron chi connectivity index (χ2n) is 3.85. The Morgan fingerprint density at radius 1 is 1.37 bits per heavy atom. The quantitative estimate of drug-likeness (QED) is 0.851. The first-order valence-corrected chi connectivity index (χ1v) is 8.36. The number of aliphatic imine (C=N–C) groups is 1. The molecule has 0 saturated carbocycles. The minimum atomic E-state index is -3.51. The van der Waals surface area contributed by atoms with Gasteiger partial charge in [0.05, 0.1) is 25.1 Å².